The Kier molecular flexibility index (Phi) is 6.28. The van der Waals surface area contributed by atoms with Crippen LogP contribution in [0.2, 0.25) is 0 Å². The molecule has 0 atom stereocenters. The highest BCUT2D eigenvalue weighted by molar-refractivity contribution is 6.05. The molecule has 5 nitrogen and oxygen atoms in total. The lowest BCUT2D eigenvalue weighted by Crippen LogP contribution is -2.29. The van der Waals surface area contributed by atoms with Crippen molar-refractivity contribution in [2.24, 2.45) is 0 Å². The molecule has 0 spiro atoms. The number of hydrogen-bond donors (Lipinski definition) is 3. The Morgan fingerprint density at radius 2 is 1.59 bits per heavy atom. The fraction of sp³-hybridized carbons (Fsp3) is 0.483. The Bertz CT molecular complexity index is 1170. The van der Waals surface area contributed by atoms with E-state index in [9.17, 15) is 9.90 Å². The van der Waals surface area contributed by atoms with Crippen molar-refractivity contribution >= 4 is 22.5 Å². The second-order valence-corrected chi connectivity index (χ2v) is 12.0. The largest absolute Gasteiger partial charge is 0.507 e. The van der Waals surface area contributed by atoms with Crippen LogP contribution in [0.25, 0.3) is 10.9 Å². The molecule has 0 aliphatic carbocycles. The molecule has 0 saturated carbocycles. The number of aromatic amines is 1. The van der Waals surface area contributed by atoms with Gasteiger partial charge >= 0.3 is 0 Å². The molecule has 1 amide bonds. The first-order valence-electron chi connectivity index (χ1n) is 12.3. The molecule has 2 aromatic carbocycles. The quantitative estimate of drug-likeness (QED) is 0.415. The third-order valence-corrected chi connectivity index (χ3v) is 7.12. The van der Waals surface area contributed by atoms with Gasteiger partial charge in [0.05, 0.1) is 0 Å². The number of nitrogens with one attached hydrogen (secondary N) is 2. The van der Waals surface area contributed by atoms with Gasteiger partial charge in [-0.2, -0.15) is 0 Å². The SMILES string of the molecule is CN1CCC(c2c[nH]c3ccc(NC(=O)c4cc(C(C)(C)C)c(O)c(C(C)(C)C)c4)cc23)CC1. The Labute approximate surface area is 203 Å². The summed E-state index contributed by atoms with van der Waals surface area (Å²) in [5.41, 5.74) is 4.80. The molecule has 1 saturated heterocycles. The zero-order valence-corrected chi connectivity index (χ0v) is 21.7. The van der Waals surface area contributed by atoms with Crippen molar-refractivity contribution in [2.75, 3.05) is 25.5 Å². The van der Waals surface area contributed by atoms with Crippen molar-refractivity contribution in [2.45, 2.75) is 71.1 Å². The molecule has 2 heterocycles. The lowest BCUT2D eigenvalue weighted by molar-refractivity contribution is 0.102. The van der Waals surface area contributed by atoms with Gasteiger partial charge in [-0.1, -0.05) is 41.5 Å². The van der Waals surface area contributed by atoms with Gasteiger partial charge in [0, 0.05) is 39.5 Å². The van der Waals surface area contributed by atoms with Gasteiger partial charge in [-0.25, -0.2) is 0 Å². The molecule has 182 valence electrons. The van der Waals surface area contributed by atoms with Gasteiger partial charge in [-0.15, -0.1) is 0 Å². The Hall–Kier alpha value is -2.79. The average Bonchev–Trinajstić information content (AvgIpc) is 3.16. The second kappa shape index (κ2) is 8.77. The van der Waals surface area contributed by atoms with Crippen LogP contribution in [0.4, 0.5) is 5.69 Å². The van der Waals surface area contributed by atoms with Gasteiger partial charge in [0.2, 0.25) is 0 Å². The minimum absolute atomic E-state index is 0.160. The van der Waals surface area contributed by atoms with Gasteiger partial charge in [0.25, 0.3) is 5.91 Å². The van der Waals surface area contributed by atoms with Crippen LogP contribution in [0.15, 0.2) is 36.5 Å². The van der Waals surface area contributed by atoms with Gasteiger partial charge in [-0.3, -0.25) is 4.79 Å². The van der Waals surface area contributed by atoms with Crippen molar-refractivity contribution in [3.63, 3.8) is 0 Å². The smallest absolute Gasteiger partial charge is 0.255 e. The van der Waals surface area contributed by atoms with E-state index in [2.05, 4.69) is 76.1 Å². The van der Waals surface area contributed by atoms with E-state index in [0.717, 1.165) is 48.3 Å². The normalized spacial score (nSPS) is 16.2. The maximum absolute atomic E-state index is 13.4. The fourth-order valence-electron chi connectivity index (χ4n) is 4.99. The number of rotatable bonds is 3. The number of phenols is 1. The molecule has 3 N–H and O–H groups in total. The number of aromatic nitrogens is 1. The summed E-state index contributed by atoms with van der Waals surface area (Å²) in [6.07, 6.45) is 4.44. The first-order valence-corrected chi connectivity index (χ1v) is 12.3. The number of hydrogen-bond acceptors (Lipinski definition) is 3. The number of phenolic OH excluding ortho intramolecular Hbond substituents is 1. The zero-order valence-electron chi connectivity index (χ0n) is 21.7. The monoisotopic (exact) mass is 461 g/mol. The number of likely N-dealkylation sites (tertiary alicyclic amines) is 1. The fourth-order valence-corrected chi connectivity index (χ4v) is 4.99. The molecule has 0 radical (unpaired) electrons. The molecular formula is C29H39N3O2. The lowest BCUT2D eigenvalue weighted by atomic mass is 9.78. The Balaban J connectivity index is 1.66. The van der Waals surface area contributed by atoms with Crippen LogP contribution in [-0.4, -0.2) is 41.0 Å². The number of benzene rings is 2. The van der Waals surface area contributed by atoms with Crippen molar-refractivity contribution in [1.29, 1.82) is 0 Å². The van der Waals surface area contributed by atoms with Crippen LogP contribution in [-0.2, 0) is 10.8 Å². The molecule has 34 heavy (non-hydrogen) atoms. The van der Waals surface area contributed by atoms with Crippen molar-refractivity contribution < 1.29 is 9.90 Å². The summed E-state index contributed by atoms with van der Waals surface area (Å²) in [5.74, 6) is 0.663. The number of fused-ring (bicyclic) bond motifs is 1. The minimum Gasteiger partial charge on any atom is -0.507 e. The van der Waals surface area contributed by atoms with E-state index in [1.165, 1.54) is 10.9 Å². The molecular weight excluding hydrogens is 422 g/mol. The van der Waals surface area contributed by atoms with Gasteiger partial charge in [0.15, 0.2) is 0 Å². The van der Waals surface area contributed by atoms with E-state index in [1.807, 2.05) is 24.3 Å². The van der Waals surface area contributed by atoms with Crippen molar-refractivity contribution in [1.82, 2.24) is 9.88 Å². The third-order valence-electron chi connectivity index (χ3n) is 7.12. The molecule has 1 aromatic heterocycles. The standard InChI is InChI=1S/C29H39N3O2/c1-28(2,3)23-14-19(15-24(26(23)33)29(4,5)6)27(34)31-20-8-9-25-21(16-20)22(17-30-25)18-10-12-32(7)13-11-18/h8-9,14-18,30,33H,10-13H2,1-7H3,(H,31,34). The van der Waals surface area contributed by atoms with Crippen LogP contribution in [0, 0.1) is 0 Å². The third kappa shape index (κ3) is 4.85. The summed E-state index contributed by atoms with van der Waals surface area (Å²) in [6, 6.07) is 9.75. The molecule has 5 heteroatoms. The molecule has 4 rings (SSSR count). The summed E-state index contributed by atoms with van der Waals surface area (Å²) in [4.78, 5) is 19.2. The summed E-state index contributed by atoms with van der Waals surface area (Å²) in [6.45, 7) is 14.6. The number of nitrogens with zero attached hydrogens (tertiary/aromatic N) is 1. The van der Waals surface area contributed by atoms with Crippen LogP contribution in [0.5, 0.6) is 5.75 Å². The first kappa shape index (κ1) is 24.3. The maximum atomic E-state index is 13.4. The van der Waals surface area contributed by atoms with E-state index in [0.29, 0.717) is 11.5 Å². The number of anilines is 1. The van der Waals surface area contributed by atoms with E-state index in [-0.39, 0.29) is 22.5 Å². The molecule has 0 bridgehead atoms. The highest BCUT2D eigenvalue weighted by Gasteiger charge is 2.28. The molecule has 1 aliphatic heterocycles. The molecule has 1 aliphatic rings. The lowest BCUT2D eigenvalue weighted by Gasteiger charge is -2.28. The second-order valence-electron chi connectivity index (χ2n) is 12.0. The summed E-state index contributed by atoms with van der Waals surface area (Å²) in [7, 11) is 2.18. The van der Waals surface area contributed by atoms with Gasteiger partial charge in [-0.05, 0) is 85.6 Å². The maximum Gasteiger partial charge on any atom is 0.255 e. The van der Waals surface area contributed by atoms with E-state index < -0.39 is 0 Å². The minimum atomic E-state index is -0.284. The Morgan fingerprint density at radius 1 is 1.00 bits per heavy atom. The highest BCUT2D eigenvalue weighted by Crippen LogP contribution is 2.40. The van der Waals surface area contributed by atoms with Gasteiger partial charge < -0.3 is 20.3 Å². The number of carbonyl (C=O) groups excluding carboxylic acids is 1. The number of piperidine rings is 1. The van der Waals surface area contributed by atoms with E-state index in [4.69, 9.17) is 0 Å². The van der Waals surface area contributed by atoms with Gasteiger partial charge in [0.1, 0.15) is 5.75 Å². The van der Waals surface area contributed by atoms with Crippen LogP contribution < -0.4 is 5.32 Å². The predicted molar refractivity (Wildman–Crippen MR) is 141 cm³/mol. The van der Waals surface area contributed by atoms with E-state index >= 15 is 0 Å². The molecule has 3 aromatic rings. The predicted octanol–water partition coefficient (Wildman–Crippen LogP) is 6.53. The average molecular weight is 462 g/mol. The number of aromatic hydroxyl groups is 1. The number of H-pyrrole nitrogens is 1. The first-order chi connectivity index (χ1) is 15.8. The highest BCUT2D eigenvalue weighted by atomic mass is 16.3. The summed E-state index contributed by atoms with van der Waals surface area (Å²) < 4.78 is 0. The van der Waals surface area contributed by atoms with Crippen LogP contribution in [0.1, 0.15) is 87.4 Å². The summed E-state index contributed by atoms with van der Waals surface area (Å²) >= 11 is 0. The molecule has 0 unspecified atom stereocenters. The van der Waals surface area contributed by atoms with Crippen LogP contribution >= 0.6 is 0 Å². The van der Waals surface area contributed by atoms with Crippen molar-refractivity contribution in [3.8, 4) is 5.75 Å². The molecule has 1 fully saturated rings. The topological polar surface area (TPSA) is 68.4 Å². The Morgan fingerprint density at radius 3 is 2.15 bits per heavy atom. The van der Waals surface area contributed by atoms with Crippen LogP contribution in [0.3, 0.4) is 0 Å². The summed E-state index contributed by atoms with van der Waals surface area (Å²) in [5, 5.41) is 15.3. The number of carbonyl (C=O) groups is 1. The zero-order chi connectivity index (χ0) is 24.8. The number of amides is 1. The van der Waals surface area contributed by atoms with Crippen molar-refractivity contribution in [3.05, 3.63) is 58.8 Å². The van der Waals surface area contributed by atoms with E-state index in [1.54, 1.807) is 0 Å².